The number of aromatic nitrogens is 4. The molecule has 1 N–H and O–H groups in total. The van der Waals surface area contributed by atoms with Crippen molar-refractivity contribution in [3.05, 3.63) is 28.2 Å². The van der Waals surface area contributed by atoms with E-state index in [1.54, 1.807) is 4.68 Å². The van der Waals surface area contributed by atoms with Crippen LogP contribution in [0.15, 0.2) is 22.7 Å². The molecule has 2 aromatic rings. The van der Waals surface area contributed by atoms with Gasteiger partial charge in [-0.3, -0.25) is 4.79 Å². The number of nitrogens with zero attached hydrogens (tertiary/aromatic N) is 4. The summed E-state index contributed by atoms with van der Waals surface area (Å²) in [4.78, 5) is 11.1. The van der Waals surface area contributed by atoms with Crippen molar-refractivity contribution >= 4 is 21.9 Å². The van der Waals surface area contributed by atoms with Crippen LogP contribution < -0.4 is 0 Å². The maximum Gasteiger partial charge on any atom is 0.305 e. The van der Waals surface area contributed by atoms with Crippen LogP contribution in [-0.4, -0.2) is 31.3 Å². The fourth-order valence-electron chi connectivity index (χ4n) is 2.59. The Bertz CT molecular complexity index is 681. The normalized spacial score (nSPS) is 15.9. The maximum atomic E-state index is 11.1. The zero-order valence-corrected chi connectivity index (χ0v) is 13.1. The molecule has 1 heterocycles. The lowest BCUT2D eigenvalue weighted by Crippen LogP contribution is -2.18. The van der Waals surface area contributed by atoms with Crippen LogP contribution in [0, 0.1) is 12.8 Å². The summed E-state index contributed by atoms with van der Waals surface area (Å²) >= 11 is 3.44. The van der Waals surface area contributed by atoms with Gasteiger partial charge in [-0.2, -0.15) is 0 Å². The summed E-state index contributed by atoms with van der Waals surface area (Å²) in [6.07, 6.45) is 2.13. The summed E-state index contributed by atoms with van der Waals surface area (Å²) in [5.41, 5.74) is 1.98. The van der Waals surface area contributed by atoms with Crippen LogP contribution in [0.3, 0.4) is 0 Å². The lowest BCUT2D eigenvalue weighted by atomic mass is 10.1. The number of halogens is 1. The number of aryl methyl sites for hydroxylation is 1. The quantitative estimate of drug-likeness (QED) is 0.896. The van der Waals surface area contributed by atoms with E-state index >= 15 is 0 Å². The van der Waals surface area contributed by atoms with Crippen LogP contribution in [0.1, 0.15) is 30.9 Å². The van der Waals surface area contributed by atoms with Crippen molar-refractivity contribution in [3.63, 3.8) is 0 Å². The molecule has 0 bridgehead atoms. The van der Waals surface area contributed by atoms with Gasteiger partial charge >= 0.3 is 5.97 Å². The predicted molar refractivity (Wildman–Crippen MR) is 79.7 cm³/mol. The third-order valence-corrected chi connectivity index (χ3v) is 4.28. The molecule has 7 heteroatoms. The number of hydrogen-bond donors (Lipinski definition) is 1. The second-order valence-electron chi connectivity index (χ2n) is 5.41. The first-order valence-corrected chi connectivity index (χ1v) is 7.61. The van der Waals surface area contributed by atoms with Crippen LogP contribution in [0.4, 0.5) is 0 Å². The molecule has 1 fully saturated rings. The van der Waals surface area contributed by atoms with Gasteiger partial charge < -0.3 is 5.11 Å². The van der Waals surface area contributed by atoms with Crippen LogP contribution in [0.5, 0.6) is 0 Å². The smallest absolute Gasteiger partial charge is 0.305 e. The number of benzene rings is 1. The van der Waals surface area contributed by atoms with Gasteiger partial charge in [0.15, 0.2) is 5.82 Å². The van der Waals surface area contributed by atoms with E-state index in [0.29, 0.717) is 11.7 Å². The largest absolute Gasteiger partial charge is 0.481 e. The molecule has 110 valence electrons. The summed E-state index contributed by atoms with van der Waals surface area (Å²) in [6.45, 7) is 1.99. The Labute approximate surface area is 130 Å². The molecule has 0 radical (unpaired) electrons. The molecule has 6 nitrogen and oxygen atoms in total. The number of carboxylic acid groups (broad SMARTS) is 1. The molecule has 1 atom stereocenters. The first-order valence-electron chi connectivity index (χ1n) is 6.82. The summed E-state index contributed by atoms with van der Waals surface area (Å²) < 4.78 is 2.68. The summed E-state index contributed by atoms with van der Waals surface area (Å²) in [6, 6.07) is 5.71. The van der Waals surface area contributed by atoms with Gasteiger partial charge in [0.25, 0.3) is 0 Å². The van der Waals surface area contributed by atoms with Gasteiger partial charge in [0.05, 0.1) is 12.5 Å². The zero-order chi connectivity index (χ0) is 15.0. The molecule has 1 aromatic carbocycles. The van der Waals surface area contributed by atoms with Crippen LogP contribution in [0.25, 0.3) is 11.4 Å². The molecule has 0 amide bonds. The highest BCUT2D eigenvalue weighted by atomic mass is 79.9. The maximum absolute atomic E-state index is 11.1. The minimum Gasteiger partial charge on any atom is -0.481 e. The van der Waals surface area contributed by atoms with E-state index in [1.165, 1.54) is 0 Å². The number of carboxylic acids is 1. The molecular weight excluding hydrogens is 336 g/mol. The molecule has 1 aliphatic rings. The van der Waals surface area contributed by atoms with Gasteiger partial charge in [-0.05, 0) is 59.9 Å². The second-order valence-corrected chi connectivity index (χ2v) is 6.32. The molecule has 1 saturated carbocycles. The lowest BCUT2D eigenvalue weighted by molar-refractivity contribution is -0.138. The minimum atomic E-state index is -0.819. The Morgan fingerprint density at radius 1 is 1.52 bits per heavy atom. The third kappa shape index (κ3) is 2.97. The van der Waals surface area contributed by atoms with Gasteiger partial charge in [0, 0.05) is 10.0 Å². The molecule has 3 rings (SSSR count). The number of tetrazole rings is 1. The SMILES string of the molecule is Cc1cc(Br)ccc1-c1nnnn1C(CC(=O)O)C1CC1. The van der Waals surface area contributed by atoms with Crippen LogP contribution in [-0.2, 0) is 4.79 Å². The van der Waals surface area contributed by atoms with E-state index in [1.807, 2.05) is 25.1 Å². The fourth-order valence-corrected chi connectivity index (χ4v) is 3.06. The average Bonchev–Trinajstić information content (AvgIpc) is 3.14. The Balaban J connectivity index is 2.01. The van der Waals surface area contributed by atoms with Crippen molar-refractivity contribution in [3.8, 4) is 11.4 Å². The Morgan fingerprint density at radius 3 is 2.90 bits per heavy atom. The highest BCUT2D eigenvalue weighted by Crippen LogP contribution is 2.42. The number of carbonyl (C=O) groups is 1. The van der Waals surface area contributed by atoms with E-state index < -0.39 is 5.97 Å². The first-order chi connectivity index (χ1) is 10.1. The molecule has 1 unspecified atom stereocenters. The first kappa shape index (κ1) is 14.2. The van der Waals surface area contributed by atoms with Crippen LogP contribution >= 0.6 is 15.9 Å². The molecule has 21 heavy (non-hydrogen) atoms. The number of hydrogen-bond acceptors (Lipinski definition) is 4. The van der Waals surface area contributed by atoms with Crippen molar-refractivity contribution in [1.82, 2.24) is 20.2 Å². The fraction of sp³-hybridized carbons (Fsp3) is 0.429. The van der Waals surface area contributed by atoms with Gasteiger partial charge in [-0.25, -0.2) is 4.68 Å². The average molecular weight is 351 g/mol. The Hall–Kier alpha value is -1.76. The topological polar surface area (TPSA) is 80.9 Å². The molecule has 0 spiro atoms. The molecule has 0 saturated heterocycles. The van der Waals surface area contributed by atoms with Crippen LogP contribution in [0.2, 0.25) is 0 Å². The number of aliphatic carboxylic acids is 1. The Morgan fingerprint density at radius 2 is 2.29 bits per heavy atom. The van der Waals surface area contributed by atoms with E-state index in [4.69, 9.17) is 5.11 Å². The summed E-state index contributed by atoms with van der Waals surface area (Å²) in [5, 5.41) is 21.0. The van der Waals surface area contributed by atoms with E-state index in [-0.39, 0.29) is 12.5 Å². The number of rotatable bonds is 5. The molecule has 1 aromatic heterocycles. The Kier molecular flexibility index (Phi) is 3.75. The second kappa shape index (κ2) is 5.55. The third-order valence-electron chi connectivity index (χ3n) is 3.79. The molecular formula is C14H15BrN4O2. The molecule has 1 aliphatic carbocycles. The predicted octanol–water partition coefficient (Wildman–Crippen LogP) is 2.84. The highest BCUT2D eigenvalue weighted by molar-refractivity contribution is 9.10. The summed E-state index contributed by atoms with van der Waals surface area (Å²) in [7, 11) is 0. The van der Waals surface area contributed by atoms with E-state index in [2.05, 4.69) is 31.5 Å². The lowest BCUT2D eigenvalue weighted by Gasteiger charge is -2.16. The van der Waals surface area contributed by atoms with Gasteiger partial charge in [-0.1, -0.05) is 15.9 Å². The van der Waals surface area contributed by atoms with E-state index in [0.717, 1.165) is 28.4 Å². The van der Waals surface area contributed by atoms with Crippen molar-refractivity contribution < 1.29 is 9.90 Å². The van der Waals surface area contributed by atoms with Gasteiger partial charge in [0.2, 0.25) is 0 Å². The van der Waals surface area contributed by atoms with Gasteiger partial charge in [0.1, 0.15) is 0 Å². The van der Waals surface area contributed by atoms with E-state index in [9.17, 15) is 4.79 Å². The van der Waals surface area contributed by atoms with Crippen molar-refractivity contribution in [2.24, 2.45) is 5.92 Å². The van der Waals surface area contributed by atoms with Gasteiger partial charge in [-0.15, -0.1) is 5.10 Å². The molecule has 0 aliphatic heterocycles. The van der Waals surface area contributed by atoms with Crippen molar-refractivity contribution in [1.29, 1.82) is 0 Å². The standard InChI is InChI=1S/C14H15BrN4O2/c1-8-6-10(15)4-5-11(8)14-16-17-18-19(14)12(7-13(20)21)9-2-3-9/h4-6,9,12H,2-3,7H2,1H3,(H,20,21). The van der Waals surface area contributed by atoms with Crippen molar-refractivity contribution in [2.75, 3.05) is 0 Å². The monoisotopic (exact) mass is 350 g/mol. The zero-order valence-electron chi connectivity index (χ0n) is 11.5. The highest BCUT2D eigenvalue weighted by Gasteiger charge is 2.36. The van der Waals surface area contributed by atoms with Crippen molar-refractivity contribution in [2.45, 2.75) is 32.2 Å². The summed E-state index contributed by atoms with van der Waals surface area (Å²) in [5.74, 6) is 0.179. The minimum absolute atomic E-state index is 0.0539.